The van der Waals surface area contributed by atoms with Gasteiger partial charge in [-0.25, -0.2) is 0 Å². The summed E-state index contributed by atoms with van der Waals surface area (Å²) in [7, 11) is 0. The third-order valence-electron chi connectivity index (χ3n) is 3.16. The highest BCUT2D eigenvalue weighted by Crippen LogP contribution is 2.29. The first-order chi connectivity index (χ1) is 7.56. The summed E-state index contributed by atoms with van der Waals surface area (Å²) in [5.74, 6) is 1.25. The topological polar surface area (TPSA) is 0 Å². The van der Waals surface area contributed by atoms with Crippen LogP contribution in [0.5, 0.6) is 0 Å². The Hall–Kier alpha value is -0.300. The van der Waals surface area contributed by atoms with Crippen molar-refractivity contribution in [2.75, 3.05) is 0 Å². The fourth-order valence-electron chi connectivity index (χ4n) is 2.04. The van der Waals surface area contributed by atoms with Crippen molar-refractivity contribution in [1.82, 2.24) is 0 Å². The summed E-state index contributed by atoms with van der Waals surface area (Å²) in [6.45, 7) is 9.06. The lowest BCUT2D eigenvalue weighted by atomic mass is 9.91. The van der Waals surface area contributed by atoms with Gasteiger partial charge in [0.05, 0.1) is 0 Å². The number of hydrogen-bond donors (Lipinski definition) is 0. The van der Waals surface area contributed by atoms with Crippen molar-refractivity contribution >= 4 is 15.9 Å². The lowest BCUT2D eigenvalue weighted by Crippen LogP contribution is -2.15. The second kappa shape index (κ2) is 6.44. The van der Waals surface area contributed by atoms with Crippen molar-refractivity contribution in [2.24, 2.45) is 5.92 Å². The molecule has 0 aromatic heterocycles. The van der Waals surface area contributed by atoms with Gasteiger partial charge in [0.25, 0.3) is 0 Å². The predicted octanol–water partition coefficient (Wildman–Crippen LogP) is 5.16. The maximum absolute atomic E-state index is 3.79. The molecule has 0 heterocycles. The molecule has 1 heteroatoms. The molecule has 0 aliphatic carbocycles. The van der Waals surface area contributed by atoms with Gasteiger partial charge in [0.15, 0.2) is 0 Å². The summed E-state index contributed by atoms with van der Waals surface area (Å²) in [6, 6.07) is 9.11. The highest BCUT2D eigenvalue weighted by atomic mass is 79.9. The molecule has 1 rings (SSSR count). The van der Waals surface area contributed by atoms with E-state index in [2.05, 4.69) is 67.9 Å². The predicted molar refractivity (Wildman–Crippen MR) is 76.4 cm³/mol. The monoisotopic (exact) mass is 282 g/mol. The molecule has 0 N–H and O–H groups in total. The molecule has 0 saturated heterocycles. The normalized spacial score (nSPS) is 15.1. The summed E-state index contributed by atoms with van der Waals surface area (Å²) in [6.07, 6.45) is 2.42. The van der Waals surface area contributed by atoms with Gasteiger partial charge in [0.1, 0.15) is 0 Å². The van der Waals surface area contributed by atoms with E-state index in [-0.39, 0.29) is 0 Å². The van der Waals surface area contributed by atoms with E-state index in [1.54, 1.807) is 0 Å². The number of rotatable bonds is 5. The van der Waals surface area contributed by atoms with Crippen LogP contribution in [0.1, 0.15) is 51.2 Å². The molecule has 0 aliphatic rings. The van der Waals surface area contributed by atoms with Gasteiger partial charge in [0.2, 0.25) is 0 Å². The fraction of sp³-hybridized carbons (Fsp3) is 0.600. The Bertz CT molecular complexity index is 300. The van der Waals surface area contributed by atoms with E-state index in [4.69, 9.17) is 0 Å². The molecular weight excluding hydrogens is 260 g/mol. The highest BCUT2D eigenvalue weighted by molar-refractivity contribution is 9.09. The molecule has 1 aromatic carbocycles. The van der Waals surface area contributed by atoms with Gasteiger partial charge in [-0.1, -0.05) is 74.3 Å². The van der Waals surface area contributed by atoms with Gasteiger partial charge in [0, 0.05) is 4.83 Å². The van der Waals surface area contributed by atoms with Crippen LogP contribution in [0.3, 0.4) is 0 Å². The summed E-state index contributed by atoms with van der Waals surface area (Å²) in [4.78, 5) is 0.560. The van der Waals surface area contributed by atoms with Crippen molar-refractivity contribution in [1.29, 1.82) is 0 Å². The molecule has 2 atom stereocenters. The van der Waals surface area contributed by atoms with Crippen molar-refractivity contribution < 1.29 is 0 Å². The Balaban J connectivity index is 2.73. The lowest BCUT2D eigenvalue weighted by molar-refractivity contribution is 0.550. The number of aryl methyl sites for hydroxylation is 1. The van der Waals surface area contributed by atoms with E-state index >= 15 is 0 Å². The minimum Gasteiger partial charge on any atom is -0.0881 e. The number of hydrogen-bond acceptors (Lipinski definition) is 0. The molecule has 1 aromatic rings. The molecule has 0 fully saturated rings. The van der Waals surface area contributed by atoms with E-state index in [9.17, 15) is 0 Å². The third-order valence-corrected chi connectivity index (χ3v) is 5.01. The molecule has 0 spiro atoms. The number of alkyl halides is 1. The molecule has 2 unspecified atom stereocenters. The third kappa shape index (κ3) is 3.62. The zero-order valence-corrected chi connectivity index (χ0v) is 12.4. The van der Waals surface area contributed by atoms with E-state index in [0.717, 1.165) is 0 Å². The van der Waals surface area contributed by atoms with Crippen LogP contribution in [0, 0.1) is 5.92 Å². The van der Waals surface area contributed by atoms with Gasteiger partial charge in [-0.3, -0.25) is 0 Å². The Morgan fingerprint density at radius 1 is 1.06 bits per heavy atom. The zero-order chi connectivity index (χ0) is 12.1. The quantitative estimate of drug-likeness (QED) is 0.654. The summed E-state index contributed by atoms with van der Waals surface area (Å²) in [5, 5.41) is 0. The molecule has 0 amide bonds. The maximum atomic E-state index is 3.79. The first kappa shape index (κ1) is 13.8. The smallest absolute Gasteiger partial charge is 0.0234 e. The van der Waals surface area contributed by atoms with Crippen LogP contribution < -0.4 is 0 Å². The minimum atomic E-state index is 0.560. The van der Waals surface area contributed by atoms with Crippen LogP contribution in [0.4, 0.5) is 0 Å². The highest BCUT2D eigenvalue weighted by Gasteiger charge is 2.18. The molecule has 0 aliphatic heterocycles. The van der Waals surface area contributed by atoms with Gasteiger partial charge < -0.3 is 0 Å². The SMILES string of the molecule is CCCc1ccc(C(C)C(Br)C(C)C)cc1. The standard InChI is InChI=1S/C15H23Br/c1-5-6-13-7-9-14(10-8-13)12(4)15(16)11(2)3/h7-12,15H,5-6H2,1-4H3. The van der Waals surface area contributed by atoms with Crippen LogP contribution in [0.2, 0.25) is 0 Å². The van der Waals surface area contributed by atoms with E-state index in [1.165, 1.54) is 24.0 Å². The van der Waals surface area contributed by atoms with Crippen molar-refractivity contribution in [3.05, 3.63) is 35.4 Å². The Morgan fingerprint density at radius 2 is 1.62 bits per heavy atom. The average molecular weight is 283 g/mol. The molecule has 16 heavy (non-hydrogen) atoms. The van der Waals surface area contributed by atoms with Crippen molar-refractivity contribution in [3.63, 3.8) is 0 Å². The Morgan fingerprint density at radius 3 is 2.06 bits per heavy atom. The van der Waals surface area contributed by atoms with Gasteiger partial charge in [-0.05, 0) is 29.4 Å². The van der Waals surface area contributed by atoms with Crippen LogP contribution in [-0.2, 0) is 6.42 Å². The first-order valence-corrected chi connectivity index (χ1v) is 7.20. The van der Waals surface area contributed by atoms with Crippen LogP contribution >= 0.6 is 15.9 Å². The molecule has 90 valence electrons. The summed E-state index contributed by atoms with van der Waals surface area (Å²) >= 11 is 3.79. The molecular formula is C15H23Br. The second-order valence-electron chi connectivity index (χ2n) is 4.97. The van der Waals surface area contributed by atoms with Crippen molar-refractivity contribution in [3.8, 4) is 0 Å². The average Bonchev–Trinajstić information content (AvgIpc) is 2.28. The Kier molecular flexibility index (Phi) is 5.54. The van der Waals surface area contributed by atoms with Gasteiger partial charge in [-0.2, -0.15) is 0 Å². The van der Waals surface area contributed by atoms with Crippen LogP contribution in [-0.4, -0.2) is 4.83 Å². The first-order valence-electron chi connectivity index (χ1n) is 6.29. The summed E-state index contributed by atoms with van der Waals surface area (Å²) < 4.78 is 0. The number of halogens is 1. The maximum Gasteiger partial charge on any atom is 0.0234 e. The molecule has 0 radical (unpaired) electrons. The lowest BCUT2D eigenvalue weighted by Gasteiger charge is -2.22. The zero-order valence-electron chi connectivity index (χ0n) is 10.8. The van der Waals surface area contributed by atoms with Gasteiger partial charge >= 0.3 is 0 Å². The minimum absolute atomic E-state index is 0.560. The van der Waals surface area contributed by atoms with Crippen LogP contribution in [0.15, 0.2) is 24.3 Å². The molecule has 0 bridgehead atoms. The van der Waals surface area contributed by atoms with E-state index in [0.29, 0.717) is 16.7 Å². The number of benzene rings is 1. The fourth-order valence-corrected chi connectivity index (χ4v) is 2.34. The largest absolute Gasteiger partial charge is 0.0881 e. The van der Waals surface area contributed by atoms with E-state index < -0.39 is 0 Å². The molecule has 0 nitrogen and oxygen atoms in total. The second-order valence-corrected chi connectivity index (χ2v) is 6.03. The van der Waals surface area contributed by atoms with Crippen LogP contribution in [0.25, 0.3) is 0 Å². The van der Waals surface area contributed by atoms with Crippen molar-refractivity contribution in [2.45, 2.75) is 51.3 Å². The van der Waals surface area contributed by atoms with E-state index in [1.807, 2.05) is 0 Å². The van der Waals surface area contributed by atoms with Gasteiger partial charge in [-0.15, -0.1) is 0 Å². The Labute approximate surface area is 109 Å². The molecule has 0 saturated carbocycles. The summed E-state index contributed by atoms with van der Waals surface area (Å²) in [5.41, 5.74) is 2.89.